The molecule has 1 fully saturated rings. The predicted molar refractivity (Wildman–Crippen MR) is 38.7 cm³/mol. The average molecular weight is 145 g/mol. The van der Waals surface area contributed by atoms with Crippen molar-refractivity contribution in [2.24, 2.45) is 0 Å². The Labute approximate surface area is 61.4 Å². The molecule has 1 atom stereocenters. The predicted octanol–water partition coefficient (Wildman–Crippen LogP) is 0.0949. The molecule has 1 heterocycles. The van der Waals surface area contributed by atoms with Gasteiger partial charge in [-0.15, -0.1) is 0 Å². The molecule has 0 aromatic heterocycles. The van der Waals surface area contributed by atoms with Crippen molar-refractivity contribution < 1.29 is 9.84 Å². The van der Waals surface area contributed by atoms with Crippen LogP contribution >= 0.6 is 0 Å². The third kappa shape index (κ3) is 2.64. The van der Waals surface area contributed by atoms with E-state index in [2.05, 4.69) is 5.32 Å². The molecule has 0 aromatic rings. The fraction of sp³-hybridized carbons (Fsp3) is 1.00. The van der Waals surface area contributed by atoms with Gasteiger partial charge in [0.1, 0.15) is 6.23 Å². The summed E-state index contributed by atoms with van der Waals surface area (Å²) in [5.74, 6) is 0. The monoisotopic (exact) mass is 145 g/mol. The van der Waals surface area contributed by atoms with Gasteiger partial charge in [0.25, 0.3) is 0 Å². The van der Waals surface area contributed by atoms with Gasteiger partial charge in [-0.25, -0.2) is 0 Å². The van der Waals surface area contributed by atoms with Crippen molar-refractivity contribution in [1.82, 2.24) is 5.32 Å². The molecule has 1 saturated heterocycles. The second-order valence-corrected chi connectivity index (χ2v) is 2.53. The van der Waals surface area contributed by atoms with Crippen LogP contribution in [0.4, 0.5) is 0 Å². The number of hydrogen-bond acceptors (Lipinski definition) is 3. The molecule has 3 heteroatoms. The van der Waals surface area contributed by atoms with Crippen LogP contribution in [0.2, 0.25) is 0 Å². The van der Waals surface area contributed by atoms with Crippen LogP contribution in [0.5, 0.6) is 0 Å². The summed E-state index contributed by atoms with van der Waals surface area (Å²) in [6.45, 7) is 1.70. The van der Waals surface area contributed by atoms with E-state index in [0.717, 1.165) is 13.0 Å². The number of hydrogen-bond donors (Lipinski definition) is 2. The SMILES string of the molecule is OCCNC1CCCCO1. The van der Waals surface area contributed by atoms with Gasteiger partial charge in [0, 0.05) is 13.2 Å². The molecule has 0 amide bonds. The van der Waals surface area contributed by atoms with Crippen molar-refractivity contribution in [3.05, 3.63) is 0 Å². The largest absolute Gasteiger partial charge is 0.395 e. The lowest BCUT2D eigenvalue weighted by molar-refractivity contribution is -0.00714. The Kier molecular flexibility index (Phi) is 3.72. The van der Waals surface area contributed by atoms with E-state index in [4.69, 9.17) is 9.84 Å². The highest BCUT2D eigenvalue weighted by Crippen LogP contribution is 2.09. The third-order valence-corrected chi connectivity index (χ3v) is 1.66. The van der Waals surface area contributed by atoms with Gasteiger partial charge in [0.2, 0.25) is 0 Å². The quantitative estimate of drug-likeness (QED) is 0.591. The first-order chi connectivity index (χ1) is 4.93. The van der Waals surface area contributed by atoms with Crippen LogP contribution in [0.15, 0.2) is 0 Å². The van der Waals surface area contributed by atoms with Gasteiger partial charge in [-0.1, -0.05) is 0 Å². The van der Waals surface area contributed by atoms with Crippen LogP contribution in [0.3, 0.4) is 0 Å². The minimum Gasteiger partial charge on any atom is -0.395 e. The average Bonchev–Trinajstić information content (AvgIpc) is 2.03. The molecule has 10 heavy (non-hydrogen) atoms. The molecule has 0 bridgehead atoms. The molecule has 1 aliphatic rings. The minimum atomic E-state index is 0.194. The lowest BCUT2D eigenvalue weighted by atomic mass is 10.2. The Morgan fingerprint density at radius 3 is 3.00 bits per heavy atom. The highest BCUT2D eigenvalue weighted by Gasteiger charge is 2.11. The molecule has 1 rings (SSSR count). The van der Waals surface area contributed by atoms with Crippen molar-refractivity contribution in [2.45, 2.75) is 25.5 Å². The molecular formula is C7H15NO2. The summed E-state index contributed by atoms with van der Waals surface area (Å²) in [4.78, 5) is 0. The second kappa shape index (κ2) is 4.66. The van der Waals surface area contributed by atoms with E-state index in [-0.39, 0.29) is 12.8 Å². The normalized spacial score (nSPS) is 26.7. The molecule has 1 aliphatic heterocycles. The van der Waals surface area contributed by atoms with Crippen molar-refractivity contribution in [3.63, 3.8) is 0 Å². The van der Waals surface area contributed by atoms with Gasteiger partial charge >= 0.3 is 0 Å². The molecule has 0 aromatic carbocycles. The molecule has 60 valence electrons. The van der Waals surface area contributed by atoms with Crippen LogP contribution in [-0.4, -0.2) is 31.1 Å². The Morgan fingerprint density at radius 2 is 2.40 bits per heavy atom. The number of aliphatic hydroxyl groups is 1. The van der Waals surface area contributed by atoms with Gasteiger partial charge in [0.05, 0.1) is 6.61 Å². The standard InChI is InChI=1S/C7H15NO2/c9-5-4-8-7-3-1-2-6-10-7/h7-9H,1-6H2. The molecule has 3 nitrogen and oxygen atoms in total. The summed E-state index contributed by atoms with van der Waals surface area (Å²) in [5, 5.41) is 11.6. The number of aliphatic hydroxyl groups excluding tert-OH is 1. The van der Waals surface area contributed by atoms with E-state index in [0.29, 0.717) is 6.54 Å². The van der Waals surface area contributed by atoms with Crippen LogP contribution in [0.1, 0.15) is 19.3 Å². The van der Waals surface area contributed by atoms with Crippen LogP contribution in [0.25, 0.3) is 0 Å². The van der Waals surface area contributed by atoms with Gasteiger partial charge in [-0.05, 0) is 19.3 Å². The van der Waals surface area contributed by atoms with Crippen molar-refractivity contribution in [3.8, 4) is 0 Å². The molecule has 0 radical (unpaired) electrons. The van der Waals surface area contributed by atoms with Crippen molar-refractivity contribution >= 4 is 0 Å². The first kappa shape index (κ1) is 7.98. The van der Waals surface area contributed by atoms with E-state index >= 15 is 0 Å². The molecular weight excluding hydrogens is 130 g/mol. The summed E-state index contributed by atoms with van der Waals surface area (Å²) in [7, 11) is 0. The van der Waals surface area contributed by atoms with E-state index < -0.39 is 0 Å². The molecule has 0 spiro atoms. The smallest absolute Gasteiger partial charge is 0.108 e. The van der Waals surface area contributed by atoms with E-state index in [1.54, 1.807) is 0 Å². The Morgan fingerprint density at radius 1 is 1.50 bits per heavy atom. The maximum absolute atomic E-state index is 8.48. The first-order valence-electron chi connectivity index (χ1n) is 3.89. The van der Waals surface area contributed by atoms with E-state index in [9.17, 15) is 0 Å². The zero-order chi connectivity index (χ0) is 7.23. The third-order valence-electron chi connectivity index (χ3n) is 1.66. The maximum atomic E-state index is 8.48. The van der Waals surface area contributed by atoms with Crippen molar-refractivity contribution in [2.75, 3.05) is 19.8 Å². The molecule has 2 N–H and O–H groups in total. The summed E-state index contributed by atoms with van der Waals surface area (Å²) >= 11 is 0. The molecule has 0 aliphatic carbocycles. The zero-order valence-corrected chi connectivity index (χ0v) is 6.18. The second-order valence-electron chi connectivity index (χ2n) is 2.53. The fourth-order valence-electron chi connectivity index (χ4n) is 1.13. The lowest BCUT2D eigenvalue weighted by Gasteiger charge is -2.22. The van der Waals surface area contributed by atoms with Gasteiger partial charge in [-0.2, -0.15) is 0 Å². The molecule has 0 saturated carbocycles. The van der Waals surface area contributed by atoms with Crippen molar-refractivity contribution in [1.29, 1.82) is 0 Å². The number of rotatable bonds is 3. The van der Waals surface area contributed by atoms with Crippen LogP contribution < -0.4 is 5.32 Å². The highest BCUT2D eigenvalue weighted by atomic mass is 16.5. The summed E-state index contributed by atoms with van der Waals surface area (Å²) < 4.78 is 5.36. The van der Waals surface area contributed by atoms with E-state index in [1.165, 1.54) is 12.8 Å². The Hall–Kier alpha value is -0.120. The Balaban J connectivity index is 2.02. The summed E-state index contributed by atoms with van der Waals surface area (Å²) in [6.07, 6.45) is 3.70. The summed E-state index contributed by atoms with van der Waals surface area (Å²) in [5.41, 5.74) is 0. The fourth-order valence-corrected chi connectivity index (χ4v) is 1.13. The van der Waals surface area contributed by atoms with E-state index in [1.807, 2.05) is 0 Å². The number of nitrogens with one attached hydrogen (secondary N) is 1. The van der Waals surface area contributed by atoms with Crippen LogP contribution in [-0.2, 0) is 4.74 Å². The first-order valence-corrected chi connectivity index (χ1v) is 3.89. The van der Waals surface area contributed by atoms with Gasteiger partial charge in [-0.3, -0.25) is 5.32 Å². The lowest BCUT2D eigenvalue weighted by Crippen LogP contribution is -2.36. The molecule has 1 unspecified atom stereocenters. The minimum absolute atomic E-state index is 0.194. The summed E-state index contributed by atoms with van der Waals surface area (Å²) in [6, 6.07) is 0. The Bertz CT molecular complexity index is 81.7. The van der Waals surface area contributed by atoms with Gasteiger partial charge < -0.3 is 9.84 Å². The maximum Gasteiger partial charge on any atom is 0.108 e. The highest BCUT2D eigenvalue weighted by molar-refractivity contribution is 4.60. The number of ether oxygens (including phenoxy) is 1. The topological polar surface area (TPSA) is 41.5 Å². The zero-order valence-electron chi connectivity index (χ0n) is 6.18. The van der Waals surface area contributed by atoms with Gasteiger partial charge in [0.15, 0.2) is 0 Å². The van der Waals surface area contributed by atoms with Crippen LogP contribution in [0, 0.1) is 0 Å².